The molecule has 12 aromatic rings. The summed E-state index contributed by atoms with van der Waals surface area (Å²) in [4.78, 5) is 33.7. The summed E-state index contributed by atoms with van der Waals surface area (Å²) >= 11 is 0. The van der Waals surface area contributed by atoms with Crippen LogP contribution in [-0.4, -0.2) is 39.9 Å². The Kier molecular flexibility index (Phi) is 9.48. The molecule has 0 aliphatic rings. The van der Waals surface area contributed by atoms with Gasteiger partial charge in [0.25, 0.3) is 0 Å². The van der Waals surface area contributed by atoms with E-state index >= 15 is 0 Å². The summed E-state index contributed by atoms with van der Waals surface area (Å²) in [5.74, 6) is 0. The lowest BCUT2D eigenvalue weighted by atomic mass is 10.1. The van der Waals surface area contributed by atoms with Gasteiger partial charge in [0.15, 0.2) is 0 Å². The average Bonchev–Trinajstić information content (AvgIpc) is 3.28. The van der Waals surface area contributed by atoms with Crippen LogP contribution in [0.5, 0.6) is 0 Å². The summed E-state index contributed by atoms with van der Waals surface area (Å²) in [6.45, 7) is 0. The third-order valence-electron chi connectivity index (χ3n) is 9.49. The van der Waals surface area contributed by atoms with Crippen molar-refractivity contribution in [3.8, 4) is 0 Å². The first-order valence-electron chi connectivity index (χ1n) is 18.1. The zero-order chi connectivity index (χ0) is 37.5. The third-order valence-corrected chi connectivity index (χ3v) is 9.49. The van der Waals surface area contributed by atoms with E-state index in [1.54, 1.807) is 37.4 Å². The summed E-state index contributed by atoms with van der Waals surface area (Å²) < 4.78 is 0. The van der Waals surface area contributed by atoms with Crippen LogP contribution in [0.25, 0.3) is 87.0 Å². The van der Waals surface area contributed by atoms with Crippen molar-refractivity contribution in [2.45, 2.75) is 0 Å². The maximum Gasteiger partial charge on any atom is 0.116 e. The molecule has 0 unspecified atom stereocenters. The summed E-state index contributed by atoms with van der Waals surface area (Å²) in [7, 11) is 0. The second-order valence-corrected chi connectivity index (χ2v) is 13.0. The van der Waals surface area contributed by atoms with Gasteiger partial charge in [-0.3, -0.25) is 19.9 Å². The van der Waals surface area contributed by atoms with E-state index < -0.39 is 0 Å². The SMILES string of the molecule is c1ccc2c(c1)ccc1nccnc12.c1ccc2c(c1)ccc1ncncc12.c1ccc2cc3nccnc3cc2c1.c1ccc2cc3ncncc3cc2c1. The molecule has 56 heavy (non-hydrogen) atoms. The van der Waals surface area contributed by atoms with Gasteiger partial charge in [0, 0.05) is 53.3 Å². The van der Waals surface area contributed by atoms with Crippen molar-refractivity contribution >= 4 is 87.0 Å². The number of hydrogen-bond donors (Lipinski definition) is 0. The predicted octanol–water partition coefficient (Wildman–Crippen LogP) is 11.1. The Morgan fingerprint density at radius 2 is 0.732 bits per heavy atom. The topological polar surface area (TPSA) is 103 Å². The number of fused-ring (bicyclic) bond motifs is 10. The van der Waals surface area contributed by atoms with Gasteiger partial charge in [0.2, 0.25) is 0 Å². The first-order chi connectivity index (χ1) is 27.8. The molecule has 0 radical (unpaired) electrons. The lowest BCUT2D eigenvalue weighted by Gasteiger charge is -2.00. The summed E-state index contributed by atoms with van der Waals surface area (Å²) in [6, 6.07) is 49.5. The molecule has 0 N–H and O–H groups in total. The molecule has 0 saturated carbocycles. The lowest BCUT2D eigenvalue weighted by molar-refractivity contribution is 1.22. The molecule has 0 atom stereocenters. The van der Waals surface area contributed by atoms with Crippen LogP contribution in [0.3, 0.4) is 0 Å². The smallest absolute Gasteiger partial charge is 0.116 e. The van der Waals surface area contributed by atoms with Gasteiger partial charge in [-0.25, -0.2) is 19.9 Å². The monoisotopic (exact) mass is 720 g/mol. The van der Waals surface area contributed by atoms with Crippen molar-refractivity contribution < 1.29 is 0 Å². The van der Waals surface area contributed by atoms with Crippen LogP contribution in [0.2, 0.25) is 0 Å². The van der Waals surface area contributed by atoms with E-state index in [4.69, 9.17) is 0 Å². The highest BCUT2D eigenvalue weighted by molar-refractivity contribution is 6.06. The second kappa shape index (κ2) is 15.6. The van der Waals surface area contributed by atoms with Gasteiger partial charge in [-0.05, 0) is 74.1 Å². The Morgan fingerprint density at radius 1 is 0.268 bits per heavy atom. The molecule has 264 valence electrons. The number of aromatic nitrogens is 8. The third kappa shape index (κ3) is 7.22. The Bertz CT molecular complexity index is 2720. The minimum atomic E-state index is 0.950. The average molecular weight is 721 g/mol. The van der Waals surface area contributed by atoms with E-state index in [2.05, 4.69) is 125 Å². The number of rotatable bonds is 0. The van der Waals surface area contributed by atoms with Gasteiger partial charge >= 0.3 is 0 Å². The maximum absolute atomic E-state index is 4.35. The molecule has 0 bridgehead atoms. The highest BCUT2D eigenvalue weighted by atomic mass is 14.8. The molecule has 8 heteroatoms. The first-order valence-corrected chi connectivity index (χ1v) is 18.1. The zero-order valence-electron chi connectivity index (χ0n) is 30.1. The first kappa shape index (κ1) is 34.0. The van der Waals surface area contributed by atoms with Crippen molar-refractivity contribution in [1.82, 2.24) is 39.9 Å². The summed E-state index contributed by atoms with van der Waals surface area (Å²) in [6.07, 6.45) is 13.8. The number of nitrogens with zero attached hydrogens (tertiary/aromatic N) is 8. The molecule has 0 fully saturated rings. The largest absolute Gasteiger partial charge is 0.253 e. The van der Waals surface area contributed by atoms with Crippen molar-refractivity contribution in [2.75, 3.05) is 0 Å². The van der Waals surface area contributed by atoms with Crippen LogP contribution >= 0.6 is 0 Å². The Balaban J connectivity index is 0.0000000975. The van der Waals surface area contributed by atoms with E-state index in [0.29, 0.717) is 0 Å². The normalized spacial score (nSPS) is 10.9. The Hall–Kier alpha value is -7.84. The molecule has 12 rings (SSSR count). The molecule has 4 heterocycles. The quantitative estimate of drug-likeness (QED) is 0.113. The van der Waals surface area contributed by atoms with Crippen LogP contribution < -0.4 is 0 Å². The van der Waals surface area contributed by atoms with Crippen molar-refractivity contribution in [3.63, 3.8) is 0 Å². The van der Waals surface area contributed by atoms with Crippen LogP contribution in [0.1, 0.15) is 0 Å². The molecule has 0 aliphatic carbocycles. The van der Waals surface area contributed by atoms with Crippen molar-refractivity contribution in [3.05, 3.63) is 195 Å². The summed E-state index contributed by atoms with van der Waals surface area (Å²) in [5, 5.41) is 11.9. The van der Waals surface area contributed by atoms with Gasteiger partial charge in [-0.15, -0.1) is 0 Å². The number of hydrogen-bond acceptors (Lipinski definition) is 8. The molecule has 8 aromatic carbocycles. The fourth-order valence-corrected chi connectivity index (χ4v) is 6.76. The van der Waals surface area contributed by atoms with Gasteiger partial charge in [-0.1, -0.05) is 109 Å². The molecule has 0 aliphatic heterocycles. The van der Waals surface area contributed by atoms with Crippen LogP contribution in [0, 0.1) is 0 Å². The fourth-order valence-electron chi connectivity index (χ4n) is 6.76. The van der Waals surface area contributed by atoms with Crippen LogP contribution in [-0.2, 0) is 0 Å². The molecule has 0 spiro atoms. The van der Waals surface area contributed by atoms with Crippen LogP contribution in [0.4, 0.5) is 0 Å². The maximum atomic E-state index is 4.35. The molecular weight excluding hydrogens is 689 g/mol. The molecule has 0 saturated heterocycles. The molecular formula is C48H32N8. The minimum absolute atomic E-state index is 0.950. The Labute approximate surface area is 321 Å². The summed E-state index contributed by atoms with van der Waals surface area (Å²) in [5.41, 5.74) is 5.83. The second-order valence-electron chi connectivity index (χ2n) is 13.0. The number of benzene rings is 8. The van der Waals surface area contributed by atoms with Gasteiger partial charge in [0.1, 0.15) is 12.7 Å². The highest BCUT2D eigenvalue weighted by Crippen LogP contribution is 2.24. The molecule has 4 aromatic heterocycles. The Morgan fingerprint density at radius 3 is 1.39 bits per heavy atom. The zero-order valence-corrected chi connectivity index (χ0v) is 30.1. The minimum Gasteiger partial charge on any atom is -0.253 e. The standard InChI is InChI=1S/4C12H8N2/c1-2-4-10-6-12-11(5-9(10)3-1)7-13-8-14-12;1-2-4-10-8-12-11(7-9(10)3-1)13-5-6-14-12;1-2-4-10-9(3-1)5-6-12-11(10)7-13-8-14-12;1-2-4-10-9(3-1)5-6-11-12(10)14-8-7-13-11/h4*1-8H. The van der Waals surface area contributed by atoms with E-state index in [9.17, 15) is 0 Å². The molecule has 8 nitrogen and oxygen atoms in total. The van der Waals surface area contributed by atoms with Crippen LogP contribution in [0.15, 0.2) is 195 Å². The van der Waals surface area contributed by atoms with Gasteiger partial charge in [0.05, 0.1) is 33.1 Å². The fraction of sp³-hybridized carbons (Fsp3) is 0. The lowest BCUT2D eigenvalue weighted by Crippen LogP contribution is -1.83. The van der Waals surface area contributed by atoms with Gasteiger partial charge in [-0.2, -0.15) is 0 Å². The van der Waals surface area contributed by atoms with Crippen molar-refractivity contribution in [1.29, 1.82) is 0 Å². The predicted molar refractivity (Wildman–Crippen MR) is 228 cm³/mol. The van der Waals surface area contributed by atoms with E-state index in [0.717, 1.165) is 49.3 Å². The molecule has 0 amide bonds. The van der Waals surface area contributed by atoms with E-state index in [-0.39, 0.29) is 0 Å². The van der Waals surface area contributed by atoms with E-state index in [1.165, 1.54) is 37.7 Å². The highest BCUT2D eigenvalue weighted by Gasteiger charge is 2.02. The van der Waals surface area contributed by atoms with Gasteiger partial charge < -0.3 is 0 Å². The van der Waals surface area contributed by atoms with E-state index in [1.807, 2.05) is 73.1 Å². The van der Waals surface area contributed by atoms with Crippen molar-refractivity contribution in [2.24, 2.45) is 0 Å².